The highest BCUT2D eigenvalue weighted by Crippen LogP contribution is 2.22. The fraction of sp³-hybridized carbons (Fsp3) is 0.333. The molecule has 112 valence electrons. The van der Waals surface area contributed by atoms with Crippen LogP contribution in [0.4, 0.5) is 4.39 Å². The van der Waals surface area contributed by atoms with Crippen molar-refractivity contribution in [3.63, 3.8) is 0 Å². The van der Waals surface area contributed by atoms with Crippen LogP contribution < -0.4 is 5.32 Å². The monoisotopic (exact) mass is 309 g/mol. The maximum atomic E-state index is 12.9. The molecule has 4 nitrogen and oxygen atoms in total. The summed E-state index contributed by atoms with van der Waals surface area (Å²) in [6.45, 7) is 0.487. The van der Waals surface area contributed by atoms with Crippen molar-refractivity contribution in [2.45, 2.75) is 19.0 Å². The van der Waals surface area contributed by atoms with Gasteiger partial charge in [-0.25, -0.2) is 12.8 Å². The first-order chi connectivity index (χ1) is 10.0. The Bertz CT molecular complexity index is 722. The Kier molecular flexibility index (Phi) is 3.82. The van der Waals surface area contributed by atoms with Crippen molar-refractivity contribution in [2.24, 2.45) is 0 Å². The average molecular weight is 309 g/mol. The number of hydrogen-bond donors (Lipinski definition) is 1. The van der Waals surface area contributed by atoms with E-state index in [0.717, 1.165) is 11.3 Å². The van der Waals surface area contributed by atoms with Crippen LogP contribution in [0.1, 0.15) is 12.2 Å². The van der Waals surface area contributed by atoms with Gasteiger partial charge in [0, 0.05) is 11.6 Å². The highest BCUT2D eigenvalue weighted by atomic mass is 32.2. The summed E-state index contributed by atoms with van der Waals surface area (Å²) >= 11 is 0. The van der Waals surface area contributed by atoms with Gasteiger partial charge in [-0.05, 0) is 42.8 Å². The minimum Gasteiger partial charge on any atom is -0.460 e. The molecule has 1 aliphatic rings. The Hall–Kier alpha value is -1.66. The van der Waals surface area contributed by atoms with Crippen LogP contribution in [0.3, 0.4) is 0 Å². The minimum absolute atomic E-state index is 0.00521. The summed E-state index contributed by atoms with van der Waals surface area (Å²) in [7, 11) is -2.87. The molecule has 0 amide bonds. The van der Waals surface area contributed by atoms with E-state index in [9.17, 15) is 12.8 Å². The standard InChI is InChI=1S/C15H16FNO3S/c16-12-3-1-11(2-4-12)15-6-5-14(20-15)9-17-13-7-8-21(18,19)10-13/h1-6,13,17H,7-10H2/t13-/m0/s1. The lowest BCUT2D eigenvalue weighted by atomic mass is 10.2. The number of halogens is 1. The van der Waals surface area contributed by atoms with Gasteiger partial charge in [-0.15, -0.1) is 0 Å². The molecule has 3 rings (SSSR count). The normalized spacial score (nSPS) is 20.7. The first kappa shape index (κ1) is 14.3. The van der Waals surface area contributed by atoms with Crippen molar-refractivity contribution in [3.8, 4) is 11.3 Å². The molecule has 2 aromatic rings. The number of benzene rings is 1. The molecular formula is C15H16FNO3S. The number of hydrogen-bond acceptors (Lipinski definition) is 4. The van der Waals surface area contributed by atoms with Crippen LogP contribution in [0.5, 0.6) is 0 Å². The van der Waals surface area contributed by atoms with Gasteiger partial charge in [0.15, 0.2) is 9.84 Å². The molecule has 0 radical (unpaired) electrons. The van der Waals surface area contributed by atoms with E-state index in [4.69, 9.17) is 4.42 Å². The summed E-state index contributed by atoms with van der Waals surface area (Å²) in [6, 6.07) is 9.77. The zero-order chi connectivity index (χ0) is 14.9. The van der Waals surface area contributed by atoms with Gasteiger partial charge in [-0.1, -0.05) is 0 Å². The van der Waals surface area contributed by atoms with Crippen LogP contribution in [0.2, 0.25) is 0 Å². The van der Waals surface area contributed by atoms with E-state index in [2.05, 4.69) is 5.32 Å². The molecule has 1 saturated heterocycles. The molecule has 1 fully saturated rings. The Morgan fingerprint density at radius 1 is 1.19 bits per heavy atom. The largest absolute Gasteiger partial charge is 0.460 e. The fourth-order valence-corrected chi connectivity index (χ4v) is 4.15. The zero-order valence-electron chi connectivity index (χ0n) is 11.4. The third kappa shape index (κ3) is 3.51. The number of furan rings is 1. The maximum absolute atomic E-state index is 12.9. The van der Waals surface area contributed by atoms with Crippen molar-refractivity contribution < 1.29 is 17.2 Å². The molecule has 1 aliphatic heterocycles. The predicted octanol–water partition coefficient (Wildman–Crippen LogP) is 2.36. The Morgan fingerprint density at radius 3 is 2.62 bits per heavy atom. The maximum Gasteiger partial charge on any atom is 0.151 e. The molecule has 1 aromatic heterocycles. The molecule has 1 atom stereocenters. The second-order valence-corrected chi connectivity index (χ2v) is 7.48. The summed E-state index contributed by atoms with van der Waals surface area (Å²) in [5.74, 6) is 1.57. The van der Waals surface area contributed by atoms with E-state index in [1.54, 1.807) is 12.1 Å². The van der Waals surface area contributed by atoms with E-state index >= 15 is 0 Å². The quantitative estimate of drug-likeness (QED) is 0.942. The minimum atomic E-state index is -2.87. The number of sulfone groups is 1. The van der Waals surface area contributed by atoms with Crippen LogP contribution in [0, 0.1) is 5.82 Å². The van der Waals surface area contributed by atoms with Gasteiger partial charge >= 0.3 is 0 Å². The molecular weight excluding hydrogens is 293 g/mol. The predicted molar refractivity (Wildman–Crippen MR) is 78.0 cm³/mol. The second kappa shape index (κ2) is 5.61. The van der Waals surface area contributed by atoms with Crippen molar-refractivity contribution in [1.82, 2.24) is 5.32 Å². The summed E-state index contributed by atoms with van der Waals surface area (Å²) in [5, 5.41) is 3.19. The highest BCUT2D eigenvalue weighted by molar-refractivity contribution is 7.91. The first-order valence-electron chi connectivity index (χ1n) is 6.80. The SMILES string of the molecule is O=S1(=O)CC[C@H](NCc2ccc(-c3ccc(F)cc3)o2)C1. The van der Waals surface area contributed by atoms with Crippen LogP contribution in [0.25, 0.3) is 11.3 Å². The van der Waals surface area contributed by atoms with E-state index in [1.807, 2.05) is 12.1 Å². The highest BCUT2D eigenvalue weighted by Gasteiger charge is 2.27. The molecule has 0 bridgehead atoms. The van der Waals surface area contributed by atoms with Gasteiger partial charge in [0.1, 0.15) is 17.3 Å². The van der Waals surface area contributed by atoms with E-state index in [-0.39, 0.29) is 23.4 Å². The second-order valence-electron chi connectivity index (χ2n) is 5.25. The molecule has 0 spiro atoms. The molecule has 0 aliphatic carbocycles. The summed E-state index contributed by atoms with van der Waals surface area (Å²) < 4.78 is 41.3. The van der Waals surface area contributed by atoms with Gasteiger partial charge in [-0.3, -0.25) is 0 Å². The van der Waals surface area contributed by atoms with Gasteiger partial charge in [0.25, 0.3) is 0 Å². The van der Waals surface area contributed by atoms with Crippen molar-refractivity contribution in [3.05, 3.63) is 48.0 Å². The Morgan fingerprint density at radius 2 is 1.95 bits per heavy atom. The van der Waals surface area contributed by atoms with Crippen molar-refractivity contribution in [2.75, 3.05) is 11.5 Å². The van der Waals surface area contributed by atoms with Gasteiger partial charge in [0.2, 0.25) is 0 Å². The Labute approximate surface area is 122 Å². The molecule has 21 heavy (non-hydrogen) atoms. The smallest absolute Gasteiger partial charge is 0.151 e. The van der Waals surface area contributed by atoms with Crippen molar-refractivity contribution >= 4 is 9.84 Å². The molecule has 0 saturated carbocycles. The fourth-order valence-electron chi connectivity index (χ4n) is 2.44. The van der Waals surface area contributed by atoms with E-state index in [1.165, 1.54) is 12.1 Å². The molecule has 2 heterocycles. The number of rotatable bonds is 4. The van der Waals surface area contributed by atoms with Crippen LogP contribution in [-0.4, -0.2) is 26.0 Å². The third-order valence-electron chi connectivity index (χ3n) is 3.59. The molecule has 1 N–H and O–H groups in total. The Balaban J connectivity index is 1.62. The van der Waals surface area contributed by atoms with Crippen molar-refractivity contribution in [1.29, 1.82) is 0 Å². The summed E-state index contributed by atoms with van der Waals surface area (Å²) in [5.41, 5.74) is 0.811. The van der Waals surface area contributed by atoms with Crippen LogP contribution in [-0.2, 0) is 16.4 Å². The summed E-state index contributed by atoms with van der Waals surface area (Å²) in [4.78, 5) is 0. The average Bonchev–Trinajstić information content (AvgIpc) is 3.04. The lowest BCUT2D eigenvalue weighted by Gasteiger charge is -2.08. The zero-order valence-corrected chi connectivity index (χ0v) is 12.2. The first-order valence-corrected chi connectivity index (χ1v) is 8.62. The van der Waals surface area contributed by atoms with Gasteiger partial charge < -0.3 is 9.73 Å². The molecule has 0 unspecified atom stereocenters. The van der Waals surface area contributed by atoms with Crippen LogP contribution in [0.15, 0.2) is 40.8 Å². The number of nitrogens with one attached hydrogen (secondary N) is 1. The lowest BCUT2D eigenvalue weighted by Crippen LogP contribution is -2.29. The summed E-state index contributed by atoms with van der Waals surface area (Å²) in [6.07, 6.45) is 0.647. The van der Waals surface area contributed by atoms with E-state index < -0.39 is 9.84 Å². The lowest BCUT2D eigenvalue weighted by molar-refractivity contribution is 0.464. The van der Waals surface area contributed by atoms with Gasteiger partial charge in [0.05, 0.1) is 18.1 Å². The van der Waals surface area contributed by atoms with Crippen LogP contribution >= 0.6 is 0 Å². The van der Waals surface area contributed by atoms with Gasteiger partial charge in [-0.2, -0.15) is 0 Å². The third-order valence-corrected chi connectivity index (χ3v) is 5.36. The molecule has 6 heteroatoms. The molecule has 1 aromatic carbocycles. The van der Waals surface area contributed by atoms with E-state index in [0.29, 0.717) is 18.7 Å². The topological polar surface area (TPSA) is 59.3 Å².